The highest BCUT2D eigenvalue weighted by molar-refractivity contribution is 6.09. The molecule has 34 heavy (non-hydrogen) atoms. The molecule has 0 radical (unpaired) electrons. The molecule has 2 aromatic heterocycles. The van der Waals surface area contributed by atoms with E-state index in [4.69, 9.17) is 11.6 Å². The van der Waals surface area contributed by atoms with E-state index < -0.39 is 0 Å². The van der Waals surface area contributed by atoms with E-state index in [-0.39, 0.29) is 11.7 Å². The van der Waals surface area contributed by atoms with Crippen LogP contribution in [0.3, 0.4) is 0 Å². The van der Waals surface area contributed by atoms with Crippen molar-refractivity contribution in [2.24, 2.45) is 0 Å². The van der Waals surface area contributed by atoms with Crippen LogP contribution in [0.25, 0.3) is 21.6 Å². The summed E-state index contributed by atoms with van der Waals surface area (Å²) in [5.41, 5.74) is 5.50. The third kappa shape index (κ3) is 4.22. The molecule has 3 aromatic rings. The van der Waals surface area contributed by atoms with Crippen molar-refractivity contribution in [3.63, 3.8) is 0 Å². The molecular formula is C27H29N5O2. The first-order valence-corrected chi connectivity index (χ1v) is 12.1. The molecule has 1 amide bonds. The second-order valence-electron chi connectivity index (χ2n) is 9.31. The average molecular weight is 456 g/mol. The van der Waals surface area contributed by atoms with Gasteiger partial charge in [-0.3, -0.25) is 19.5 Å². The van der Waals surface area contributed by atoms with Gasteiger partial charge in [0, 0.05) is 37.1 Å². The quantitative estimate of drug-likeness (QED) is 0.400. The lowest BCUT2D eigenvalue weighted by Gasteiger charge is -2.25. The summed E-state index contributed by atoms with van der Waals surface area (Å²) in [5, 5.41) is 0. The van der Waals surface area contributed by atoms with Crippen molar-refractivity contribution in [1.82, 2.24) is 19.4 Å². The molecule has 2 aliphatic rings. The van der Waals surface area contributed by atoms with Crippen LogP contribution in [0, 0.1) is 13.5 Å². The highest BCUT2D eigenvalue weighted by atomic mass is 16.2. The number of nitrogens with zero attached hydrogens (tertiary/aromatic N) is 5. The highest BCUT2D eigenvalue weighted by Crippen LogP contribution is 2.31. The zero-order chi connectivity index (χ0) is 23.7. The molecule has 0 saturated carbocycles. The van der Waals surface area contributed by atoms with Crippen LogP contribution < -0.4 is 0 Å². The summed E-state index contributed by atoms with van der Waals surface area (Å²) in [6.45, 7) is 12.9. The van der Waals surface area contributed by atoms with Gasteiger partial charge in [-0.25, -0.2) is 4.85 Å². The van der Waals surface area contributed by atoms with E-state index in [2.05, 4.69) is 20.4 Å². The Bertz CT molecular complexity index is 1280. The monoisotopic (exact) mass is 455 g/mol. The predicted octanol–water partition coefficient (Wildman–Crippen LogP) is 4.68. The topological polar surface area (TPSA) is 62.8 Å². The van der Waals surface area contributed by atoms with Crippen LogP contribution in [0.15, 0.2) is 36.5 Å². The summed E-state index contributed by atoms with van der Waals surface area (Å²) >= 11 is 0. The number of fused-ring (bicyclic) bond motifs is 1. The van der Waals surface area contributed by atoms with E-state index >= 15 is 0 Å². The summed E-state index contributed by atoms with van der Waals surface area (Å²) in [5.74, 6) is 0.273. The van der Waals surface area contributed by atoms with Gasteiger partial charge in [0.25, 0.3) is 0 Å². The zero-order valence-corrected chi connectivity index (χ0v) is 19.6. The van der Waals surface area contributed by atoms with E-state index in [1.165, 1.54) is 6.42 Å². The third-order valence-electron chi connectivity index (χ3n) is 6.98. The van der Waals surface area contributed by atoms with Gasteiger partial charge in [0.2, 0.25) is 5.91 Å². The highest BCUT2D eigenvalue weighted by Gasteiger charge is 2.25. The molecule has 7 heteroatoms. The Morgan fingerprint density at radius 3 is 2.53 bits per heavy atom. The number of Topliss-reactive ketones (excluding diaryl/α,β-unsaturated/α-hetero) is 1. The van der Waals surface area contributed by atoms with Gasteiger partial charge in [0.1, 0.15) is 0 Å². The Morgan fingerprint density at radius 1 is 1.09 bits per heavy atom. The van der Waals surface area contributed by atoms with Gasteiger partial charge in [-0.05, 0) is 63.0 Å². The Hall–Kier alpha value is -3.50. The molecule has 0 spiro atoms. The number of aromatic nitrogens is 2. The first-order chi connectivity index (χ1) is 16.5. The van der Waals surface area contributed by atoms with Gasteiger partial charge in [0.05, 0.1) is 29.7 Å². The van der Waals surface area contributed by atoms with E-state index in [0.29, 0.717) is 36.3 Å². The smallest absolute Gasteiger partial charge is 0.222 e. The van der Waals surface area contributed by atoms with Crippen LogP contribution in [0.5, 0.6) is 0 Å². The number of hydrogen-bond donors (Lipinski definition) is 0. The predicted molar refractivity (Wildman–Crippen MR) is 131 cm³/mol. The maximum atomic E-state index is 13.5. The number of benzene rings is 1. The molecule has 0 unspecified atom stereocenters. The SMILES string of the molecule is [C-]#[N+]c1ccc(-n2c(C)c(C(=O)CN3CCCCC3)c3ncc(CN4CCCC4=O)cc32)cc1. The molecule has 2 saturated heterocycles. The van der Waals surface area contributed by atoms with Crippen molar-refractivity contribution in [3.05, 3.63) is 64.8 Å². The van der Waals surface area contributed by atoms with E-state index in [0.717, 1.165) is 61.4 Å². The van der Waals surface area contributed by atoms with Crippen molar-refractivity contribution in [2.45, 2.75) is 45.6 Å². The number of carbonyl (C=O) groups is 2. The number of pyridine rings is 1. The summed E-state index contributed by atoms with van der Waals surface area (Å²) in [6.07, 6.45) is 6.81. The standard InChI is InChI=1S/C27H29N5O2/c1-19-26(24(33)18-30-12-4-3-5-13-30)27-23(32(19)22-10-8-21(28-2)9-11-22)15-20(16-29-27)17-31-14-6-7-25(31)34/h8-11,15-16H,3-7,12-14,17-18H2,1H3. The molecular weight excluding hydrogens is 426 g/mol. The normalized spacial score (nSPS) is 16.8. The maximum absolute atomic E-state index is 13.5. The zero-order valence-electron chi connectivity index (χ0n) is 19.6. The largest absolute Gasteiger partial charge is 0.338 e. The average Bonchev–Trinajstić information content (AvgIpc) is 3.39. The second-order valence-corrected chi connectivity index (χ2v) is 9.31. The molecule has 2 fully saturated rings. The molecule has 174 valence electrons. The Labute approximate surface area is 199 Å². The summed E-state index contributed by atoms with van der Waals surface area (Å²) in [7, 11) is 0. The van der Waals surface area contributed by atoms with Crippen LogP contribution in [-0.2, 0) is 11.3 Å². The maximum Gasteiger partial charge on any atom is 0.222 e. The van der Waals surface area contributed by atoms with Gasteiger partial charge in [0.15, 0.2) is 11.5 Å². The van der Waals surface area contributed by atoms with Gasteiger partial charge in [-0.15, -0.1) is 0 Å². The Morgan fingerprint density at radius 2 is 1.85 bits per heavy atom. The number of rotatable bonds is 6. The molecule has 0 bridgehead atoms. The lowest BCUT2D eigenvalue weighted by atomic mass is 10.1. The van der Waals surface area contributed by atoms with Gasteiger partial charge in [-0.1, -0.05) is 18.6 Å². The number of likely N-dealkylation sites (tertiary alicyclic amines) is 2. The number of hydrogen-bond acceptors (Lipinski definition) is 4. The van der Waals surface area contributed by atoms with Crippen molar-refractivity contribution >= 4 is 28.4 Å². The van der Waals surface area contributed by atoms with E-state index in [1.54, 1.807) is 18.3 Å². The summed E-state index contributed by atoms with van der Waals surface area (Å²) in [6, 6.07) is 9.47. The van der Waals surface area contributed by atoms with Gasteiger partial charge in [-0.2, -0.15) is 0 Å². The van der Waals surface area contributed by atoms with Crippen LogP contribution in [0.2, 0.25) is 0 Å². The molecule has 0 aliphatic carbocycles. The lowest BCUT2D eigenvalue weighted by molar-refractivity contribution is -0.128. The Balaban J connectivity index is 1.58. The summed E-state index contributed by atoms with van der Waals surface area (Å²) in [4.78, 5) is 38.0. The minimum absolute atomic E-state index is 0.0934. The van der Waals surface area contributed by atoms with Gasteiger partial charge >= 0.3 is 0 Å². The number of piperidine rings is 1. The van der Waals surface area contributed by atoms with Crippen LogP contribution in [0.4, 0.5) is 5.69 Å². The molecule has 4 heterocycles. The van der Waals surface area contributed by atoms with Crippen molar-refractivity contribution < 1.29 is 9.59 Å². The van der Waals surface area contributed by atoms with E-state index in [1.807, 2.05) is 24.0 Å². The minimum Gasteiger partial charge on any atom is -0.338 e. The first-order valence-electron chi connectivity index (χ1n) is 12.1. The van der Waals surface area contributed by atoms with E-state index in [9.17, 15) is 9.59 Å². The van der Waals surface area contributed by atoms with Crippen LogP contribution in [0.1, 0.15) is 53.7 Å². The fraction of sp³-hybridized carbons (Fsp3) is 0.407. The number of amides is 1. The third-order valence-corrected chi connectivity index (χ3v) is 6.98. The minimum atomic E-state index is 0.0934. The lowest BCUT2D eigenvalue weighted by Crippen LogP contribution is -2.34. The second kappa shape index (κ2) is 9.40. The molecule has 0 atom stereocenters. The molecule has 2 aliphatic heterocycles. The first kappa shape index (κ1) is 22.3. The Kier molecular flexibility index (Phi) is 6.16. The molecule has 1 aromatic carbocycles. The van der Waals surface area contributed by atoms with Crippen molar-refractivity contribution in [1.29, 1.82) is 0 Å². The number of ketones is 1. The van der Waals surface area contributed by atoms with Crippen LogP contribution in [-0.4, -0.2) is 57.2 Å². The van der Waals surface area contributed by atoms with Crippen LogP contribution >= 0.6 is 0 Å². The molecule has 0 N–H and O–H groups in total. The summed E-state index contributed by atoms with van der Waals surface area (Å²) < 4.78 is 2.06. The molecule has 7 nitrogen and oxygen atoms in total. The molecule has 5 rings (SSSR count). The number of carbonyl (C=O) groups excluding carboxylic acids is 2. The van der Waals surface area contributed by atoms with Crippen molar-refractivity contribution in [3.8, 4) is 5.69 Å². The fourth-order valence-corrected chi connectivity index (χ4v) is 5.24. The van der Waals surface area contributed by atoms with Crippen molar-refractivity contribution in [2.75, 3.05) is 26.2 Å². The van der Waals surface area contributed by atoms with Gasteiger partial charge < -0.3 is 9.47 Å². The fourth-order valence-electron chi connectivity index (χ4n) is 5.24.